The lowest BCUT2D eigenvalue weighted by atomic mass is 10.1. The van der Waals surface area contributed by atoms with Crippen LogP contribution in [0.5, 0.6) is 5.75 Å². The van der Waals surface area contributed by atoms with Crippen molar-refractivity contribution < 1.29 is 4.74 Å². The number of hydrogen-bond acceptors (Lipinski definition) is 4. The molecule has 2 rings (SSSR count). The molecule has 1 N–H and O–H groups in total. The third-order valence-electron chi connectivity index (χ3n) is 4.20. The minimum atomic E-state index is 0.360. The number of likely N-dealkylation sites (N-methyl/N-ethyl adjacent to an activating group) is 2. The van der Waals surface area contributed by atoms with Crippen molar-refractivity contribution in [2.45, 2.75) is 13.0 Å². The van der Waals surface area contributed by atoms with Gasteiger partial charge in [-0.3, -0.25) is 4.90 Å². The molecule has 0 aliphatic carbocycles. The first-order valence-corrected chi connectivity index (χ1v) is 7.52. The summed E-state index contributed by atoms with van der Waals surface area (Å²) in [4.78, 5) is 5.06. The summed E-state index contributed by atoms with van der Waals surface area (Å²) in [6.07, 6.45) is 0. The molecule has 1 aromatic rings. The number of methoxy groups -OCH3 is 1. The van der Waals surface area contributed by atoms with Gasteiger partial charge in [0, 0.05) is 38.8 Å². The van der Waals surface area contributed by atoms with Gasteiger partial charge in [-0.25, -0.2) is 0 Å². The molecule has 0 spiro atoms. The van der Waals surface area contributed by atoms with Gasteiger partial charge in [0.2, 0.25) is 0 Å². The lowest BCUT2D eigenvalue weighted by molar-refractivity contribution is 0.128. The van der Waals surface area contributed by atoms with Gasteiger partial charge in [0.25, 0.3) is 0 Å². The summed E-state index contributed by atoms with van der Waals surface area (Å²) in [6.45, 7) is 9.16. The van der Waals surface area contributed by atoms with E-state index in [1.807, 2.05) is 13.1 Å². The molecule has 0 radical (unpaired) electrons. The van der Waals surface area contributed by atoms with Crippen LogP contribution in [-0.4, -0.2) is 63.2 Å². The van der Waals surface area contributed by atoms with Crippen molar-refractivity contribution in [2.75, 3.05) is 53.4 Å². The largest absolute Gasteiger partial charge is 0.497 e. The van der Waals surface area contributed by atoms with Gasteiger partial charge >= 0.3 is 0 Å². The molecule has 0 saturated carbocycles. The Morgan fingerprint density at radius 2 is 1.90 bits per heavy atom. The molecule has 1 aliphatic heterocycles. The van der Waals surface area contributed by atoms with Crippen molar-refractivity contribution in [3.05, 3.63) is 29.8 Å². The molecule has 1 atom stereocenters. The Bertz CT molecular complexity index is 402. The first-order chi connectivity index (χ1) is 9.76. The number of rotatable bonds is 6. The molecule has 0 amide bonds. The highest BCUT2D eigenvalue weighted by Gasteiger charge is 2.19. The van der Waals surface area contributed by atoms with Crippen molar-refractivity contribution >= 4 is 0 Å². The van der Waals surface area contributed by atoms with E-state index in [-0.39, 0.29) is 0 Å². The smallest absolute Gasteiger partial charge is 0.119 e. The standard InChI is InChI=1S/C16H27N3O/c1-4-18-8-10-19(11-9-18)13-16(17-2)14-6-5-7-15(12-14)20-3/h5-7,12,16-17H,4,8-11,13H2,1-3H3. The van der Waals surface area contributed by atoms with E-state index in [2.05, 4.69) is 40.2 Å². The van der Waals surface area contributed by atoms with Gasteiger partial charge in [0.15, 0.2) is 0 Å². The Balaban J connectivity index is 1.95. The zero-order chi connectivity index (χ0) is 14.4. The van der Waals surface area contributed by atoms with Crippen molar-refractivity contribution in [1.82, 2.24) is 15.1 Å². The highest BCUT2D eigenvalue weighted by molar-refractivity contribution is 5.30. The van der Waals surface area contributed by atoms with Crippen LogP contribution in [0.2, 0.25) is 0 Å². The van der Waals surface area contributed by atoms with Crippen LogP contribution < -0.4 is 10.1 Å². The van der Waals surface area contributed by atoms with Crippen LogP contribution in [0.25, 0.3) is 0 Å². The lowest BCUT2D eigenvalue weighted by Gasteiger charge is -2.36. The summed E-state index contributed by atoms with van der Waals surface area (Å²) in [5, 5.41) is 3.43. The number of benzene rings is 1. The Kier molecular flexibility index (Phi) is 5.83. The molecular formula is C16H27N3O. The molecule has 1 fully saturated rings. The number of hydrogen-bond donors (Lipinski definition) is 1. The highest BCUT2D eigenvalue weighted by atomic mass is 16.5. The maximum absolute atomic E-state index is 5.32. The van der Waals surface area contributed by atoms with Gasteiger partial charge < -0.3 is 15.0 Å². The topological polar surface area (TPSA) is 27.7 Å². The van der Waals surface area contributed by atoms with Gasteiger partial charge in [0.05, 0.1) is 7.11 Å². The van der Waals surface area contributed by atoms with E-state index in [0.717, 1.165) is 25.4 Å². The van der Waals surface area contributed by atoms with Crippen LogP contribution in [0.1, 0.15) is 18.5 Å². The molecule has 1 aliphatic rings. The summed E-state index contributed by atoms with van der Waals surface area (Å²) in [7, 11) is 3.75. The normalized spacial score (nSPS) is 18.9. The average Bonchev–Trinajstić information content (AvgIpc) is 2.53. The summed E-state index contributed by atoms with van der Waals surface area (Å²) in [6, 6.07) is 8.72. The van der Waals surface area contributed by atoms with E-state index < -0.39 is 0 Å². The predicted molar refractivity (Wildman–Crippen MR) is 83.3 cm³/mol. The molecule has 1 aromatic carbocycles. The molecule has 1 heterocycles. The fraction of sp³-hybridized carbons (Fsp3) is 0.625. The summed E-state index contributed by atoms with van der Waals surface area (Å²) in [5.74, 6) is 0.929. The van der Waals surface area contributed by atoms with E-state index in [9.17, 15) is 0 Å². The van der Waals surface area contributed by atoms with Crippen LogP contribution in [-0.2, 0) is 0 Å². The molecule has 1 unspecified atom stereocenters. The monoisotopic (exact) mass is 277 g/mol. The fourth-order valence-electron chi connectivity index (χ4n) is 2.77. The molecule has 1 saturated heterocycles. The van der Waals surface area contributed by atoms with E-state index in [1.54, 1.807) is 7.11 Å². The van der Waals surface area contributed by atoms with E-state index in [4.69, 9.17) is 4.74 Å². The quantitative estimate of drug-likeness (QED) is 0.855. The van der Waals surface area contributed by atoms with Crippen LogP contribution in [0.15, 0.2) is 24.3 Å². The zero-order valence-electron chi connectivity index (χ0n) is 12.9. The zero-order valence-corrected chi connectivity index (χ0v) is 12.9. The highest BCUT2D eigenvalue weighted by Crippen LogP contribution is 2.20. The van der Waals surface area contributed by atoms with E-state index >= 15 is 0 Å². The molecule has 4 heteroatoms. The van der Waals surface area contributed by atoms with Gasteiger partial charge in [-0.15, -0.1) is 0 Å². The number of piperazine rings is 1. The maximum Gasteiger partial charge on any atom is 0.119 e. The third-order valence-corrected chi connectivity index (χ3v) is 4.20. The van der Waals surface area contributed by atoms with Crippen molar-refractivity contribution in [3.63, 3.8) is 0 Å². The summed E-state index contributed by atoms with van der Waals surface area (Å²) >= 11 is 0. The van der Waals surface area contributed by atoms with Gasteiger partial charge in [0.1, 0.15) is 5.75 Å². The second-order valence-corrected chi connectivity index (χ2v) is 5.35. The Hall–Kier alpha value is -1.10. The van der Waals surface area contributed by atoms with E-state index in [1.165, 1.54) is 25.2 Å². The lowest BCUT2D eigenvalue weighted by Crippen LogP contribution is -2.48. The molecule has 0 aromatic heterocycles. The average molecular weight is 277 g/mol. The predicted octanol–water partition coefficient (Wildman–Crippen LogP) is 1.59. The van der Waals surface area contributed by atoms with Crippen LogP contribution in [0.4, 0.5) is 0 Å². The minimum absolute atomic E-state index is 0.360. The van der Waals surface area contributed by atoms with Gasteiger partial charge in [-0.2, -0.15) is 0 Å². The van der Waals surface area contributed by atoms with E-state index in [0.29, 0.717) is 6.04 Å². The van der Waals surface area contributed by atoms with Crippen molar-refractivity contribution in [1.29, 1.82) is 0 Å². The van der Waals surface area contributed by atoms with Gasteiger partial charge in [-0.05, 0) is 31.3 Å². The maximum atomic E-state index is 5.32. The van der Waals surface area contributed by atoms with Crippen LogP contribution >= 0.6 is 0 Å². The SMILES string of the molecule is CCN1CCN(CC(NC)c2cccc(OC)c2)CC1. The fourth-order valence-corrected chi connectivity index (χ4v) is 2.77. The molecule has 112 valence electrons. The van der Waals surface area contributed by atoms with Crippen LogP contribution in [0, 0.1) is 0 Å². The molecule has 20 heavy (non-hydrogen) atoms. The Morgan fingerprint density at radius 3 is 2.50 bits per heavy atom. The summed E-state index contributed by atoms with van der Waals surface area (Å²) in [5.41, 5.74) is 1.30. The first-order valence-electron chi connectivity index (χ1n) is 7.52. The Morgan fingerprint density at radius 1 is 1.20 bits per heavy atom. The molecule has 4 nitrogen and oxygen atoms in total. The molecule has 0 bridgehead atoms. The minimum Gasteiger partial charge on any atom is -0.497 e. The number of ether oxygens (including phenoxy) is 1. The molecular weight excluding hydrogens is 250 g/mol. The van der Waals surface area contributed by atoms with Crippen molar-refractivity contribution in [2.24, 2.45) is 0 Å². The number of nitrogens with zero attached hydrogens (tertiary/aromatic N) is 2. The first kappa shape index (κ1) is 15.3. The number of nitrogens with one attached hydrogen (secondary N) is 1. The third kappa shape index (κ3) is 3.95. The second-order valence-electron chi connectivity index (χ2n) is 5.35. The van der Waals surface area contributed by atoms with Crippen LogP contribution in [0.3, 0.4) is 0 Å². The van der Waals surface area contributed by atoms with Crippen molar-refractivity contribution in [3.8, 4) is 5.75 Å². The second kappa shape index (κ2) is 7.62. The summed E-state index contributed by atoms with van der Waals surface area (Å²) < 4.78 is 5.32. The Labute approximate surface area is 122 Å². The van der Waals surface area contributed by atoms with Gasteiger partial charge in [-0.1, -0.05) is 19.1 Å².